The number of alkyl halides is 3. The number of carbonyl (C=O) groups is 1. The molecule has 20 heavy (non-hydrogen) atoms. The lowest BCUT2D eigenvalue weighted by Gasteiger charge is -2.29. The summed E-state index contributed by atoms with van der Waals surface area (Å²) in [5.41, 5.74) is -1.72. The van der Waals surface area contributed by atoms with Gasteiger partial charge in [0.05, 0.1) is 7.11 Å². The first-order valence-corrected chi connectivity index (χ1v) is 6.33. The van der Waals surface area contributed by atoms with Gasteiger partial charge in [-0.1, -0.05) is 12.1 Å². The molecule has 0 aliphatic carbocycles. The van der Waals surface area contributed by atoms with Gasteiger partial charge in [0.1, 0.15) is 11.2 Å². The normalized spacial score (nSPS) is 22.8. The van der Waals surface area contributed by atoms with Crippen molar-refractivity contribution in [2.45, 2.75) is 19.0 Å². The van der Waals surface area contributed by atoms with E-state index in [1.165, 1.54) is 7.11 Å². The van der Waals surface area contributed by atoms with E-state index >= 15 is 0 Å². The molecule has 2 rings (SSSR count). The molecule has 1 atom stereocenters. The maximum atomic E-state index is 13.2. The second-order valence-electron chi connectivity index (χ2n) is 4.96. The maximum absolute atomic E-state index is 13.2. The third-order valence-corrected chi connectivity index (χ3v) is 3.73. The number of methoxy groups -OCH3 is 1. The van der Waals surface area contributed by atoms with Crippen molar-refractivity contribution >= 4 is 5.78 Å². The van der Waals surface area contributed by atoms with E-state index in [0.29, 0.717) is 11.3 Å². The summed E-state index contributed by atoms with van der Waals surface area (Å²) in [7, 11) is 1.47. The molecule has 0 amide bonds. The molecule has 1 N–H and O–H groups in total. The fourth-order valence-corrected chi connectivity index (χ4v) is 2.47. The predicted octanol–water partition coefficient (Wildman–Crippen LogP) is 2.35. The van der Waals surface area contributed by atoms with Crippen LogP contribution in [0.25, 0.3) is 0 Å². The summed E-state index contributed by atoms with van der Waals surface area (Å²) >= 11 is 0. The first-order valence-electron chi connectivity index (χ1n) is 6.33. The third-order valence-electron chi connectivity index (χ3n) is 3.73. The molecule has 1 aliphatic heterocycles. The average molecular weight is 287 g/mol. The molecule has 1 aromatic carbocycles. The summed E-state index contributed by atoms with van der Waals surface area (Å²) < 4.78 is 44.7. The van der Waals surface area contributed by atoms with Crippen LogP contribution in [0.1, 0.15) is 12.0 Å². The van der Waals surface area contributed by atoms with Gasteiger partial charge < -0.3 is 10.1 Å². The largest absolute Gasteiger partial charge is 0.497 e. The van der Waals surface area contributed by atoms with Crippen LogP contribution in [-0.4, -0.2) is 32.2 Å². The Balaban J connectivity index is 2.21. The molecular weight excluding hydrogens is 271 g/mol. The van der Waals surface area contributed by atoms with Crippen LogP contribution >= 0.6 is 0 Å². The zero-order chi connectivity index (χ0) is 14.8. The van der Waals surface area contributed by atoms with Crippen molar-refractivity contribution in [1.29, 1.82) is 0 Å². The van der Waals surface area contributed by atoms with Crippen LogP contribution in [-0.2, 0) is 11.2 Å². The van der Waals surface area contributed by atoms with Gasteiger partial charge >= 0.3 is 6.18 Å². The van der Waals surface area contributed by atoms with Crippen LogP contribution in [0.3, 0.4) is 0 Å². The molecule has 1 aliphatic rings. The van der Waals surface area contributed by atoms with E-state index in [1.54, 1.807) is 24.3 Å². The number of ether oxygens (including phenoxy) is 1. The fourth-order valence-electron chi connectivity index (χ4n) is 2.47. The minimum atomic E-state index is -4.52. The van der Waals surface area contributed by atoms with Crippen LogP contribution in [0.15, 0.2) is 24.3 Å². The van der Waals surface area contributed by atoms with Gasteiger partial charge in [0.2, 0.25) is 0 Å². The summed E-state index contributed by atoms with van der Waals surface area (Å²) in [5.74, 6) is -0.260. The van der Waals surface area contributed by atoms with E-state index < -0.39 is 17.4 Å². The molecule has 0 spiro atoms. The summed E-state index contributed by atoms with van der Waals surface area (Å²) in [6, 6.07) is 6.57. The Hall–Kier alpha value is -1.56. The Bertz CT molecular complexity index is 493. The van der Waals surface area contributed by atoms with Crippen molar-refractivity contribution in [2.24, 2.45) is 5.41 Å². The number of hydrogen-bond acceptors (Lipinski definition) is 3. The van der Waals surface area contributed by atoms with Crippen LogP contribution in [0.5, 0.6) is 5.75 Å². The lowest BCUT2D eigenvalue weighted by molar-refractivity contribution is -0.214. The van der Waals surface area contributed by atoms with Crippen LogP contribution in [0.4, 0.5) is 13.2 Å². The number of rotatable bonds is 4. The molecule has 6 heteroatoms. The van der Waals surface area contributed by atoms with E-state index in [4.69, 9.17) is 4.74 Å². The molecule has 1 unspecified atom stereocenters. The minimum Gasteiger partial charge on any atom is -0.497 e. The quantitative estimate of drug-likeness (QED) is 0.924. The van der Waals surface area contributed by atoms with Gasteiger partial charge in [-0.25, -0.2) is 0 Å². The Morgan fingerprint density at radius 1 is 1.45 bits per heavy atom. The Labute approximate surface area is 115 Å². The molecule has 3 nitrogen and oxygen atoms in total. The number of benzene rings is 1. The first kappa shape index (κ1) is 14.8. The van der Waals surface area contributed by atoms with Gasteiger partial charge in [-0.3, -0.25) is 4.79 Å². The minimum absolute atomic E-state index is 0.195. The molecule has 0 radical (unpaired) electrons. The Kier molecular flexibility index (Phi) is 4.04. The highest BCUT2D eigenvalue weighted by Gasteiger charge is 2.60. The summed E-state index contributed by atoms with van der Waals surface area (Å²) in [5, 5.41) is 2.64. The smallest absolute Gasteiger partial charge is 0.402 e. The molecule has 0 aromatic heterocycles. The Morgan fingerprint density at radius 2 is 2.20 bits per heavy atom. The predicted molar refractivity (Wildman–Crippen MR) is 67.7 cm³/mol. The summed E-state index contributed by atoms with van der Waals surface area (Å²) in [6.45, 7) is -0.122. The number of ketones is 1. The van der Waals surface area contributed by atoms with E-state index in [1.807, 2.05) is 0 Å². The number of Topliss-reactive ketones (excluding diaryl/α,β-unsaturated/α-hetero) is 1. The standard InChI is InChI=1S/C14H16F3NO2/c1-20-11-4-2-3-10(7-11)8-12(19)13(14(15,16)17)5-6-18-9-13/h2-4,7,18H,5-6,8-9H2,1H3. The SMILES string of the molecule is COc1cccc(CC(=O)C2(C(F)(F)F)CCNC2)c1. The van der Waals surface area contributed by atoms with Gasteiger partial charge in [0.15, 0.2) is 5.78 Å². The van der Waals surface area contributed by atoms with E-state index in [9.17, 15) is 18.0 Å². The fraction of sp³-hybridized carbons (Fsp3) is 0.500. The molecule has 1 aromatic rings. The van der Waals surface area contributed by atoms with Gasteiger partial charge in [-0.15, -0.1) is 0 Å². The highest BCUT2D eigenvalue weighted by atomic mass is 19.4. The zero-order valence-electron chi connectivity index (χ0n) is 11.1. The monoisotopic (exact) mass is 287 g/mol. The van der Waals surface area contributed by atoms with E-state index in [2.05, 4.69) is 5.32 Å². The second-order valence-corrected chi connectivity index (χ2v) is 4.96. The van der Waals surface area contributed by atoms with Crippen molar-refractivity contribution in [1.82, 2.24) is 5.32 Å². The van der Waals surface area contributed by atoms with Gasteiger partial charge in [0.25, 0.3) is 0 Å². The van der Waals surface area contributed by atoms with Crippen molar-refractivity contribution in [3.05, 3.63) is 29.8 Å². The molecule has 0 saturated carbocycles. The van der Waals surface area contributed by atoms with Crippen molar-refractivity contribution < 1.29 is 22.7 Å². The van der Waals surface area contributed by atoms with E-state index in [0.717, 1.165) is 0 Å². The van der Waals surface area contributed by atoms with Crippen molar-refractivity contribution in [3.8, 4) is 5.75 Å². The van der Waals surface area contributed by atoms with E-state index in [-0.39, 0.29) is 25.9 Å². The number of carbonyl (C=O) groups excluding carboxylic acids is 1. The molecule has 1 saturated heterocycles. The molecular formula is C14H16F3NO2. The third kappa shape index (κ3) is 2.65. The Morgan fingerprint density at radius 3 is 2.75 bits per heavy atom. The van der Waals surface area contributed by atoms with Gasteiger partial charge in [-0.2, -0.15) is 13.2 Å². The topological polar surface area (TPSA) is 38.3 Å². The van der Waals surface area contributed by atoms with Crippen LogP contribution in [0, 0.1) is 5.41 Å². The number of halogens is 3. The van der Waals surface area contributed by atoms with Gasteiger partial charge in [-0.05, 0) is 30.7 Å². The lowest BCUT2D eigenvalue weighted by Crippen LogP contribution is -2.47. The zero-order valence-corrected chi connectivity index (χ0v) is 11.1. The average Bonchev–Trinajstić information content (AvgIpc) is 2.89. The van der Waals surface area contributed by atoms with Crippen LogP contribution in [0.2, 0.25) is 0 Å². The highest BCUT2D eigenvalue weighted by molar-refractivity contribution is 5.88. The molecule has 1 heterocycles. The van der Waals surface area contributed by atoms with Crippen molar-refractivity contribution in [2.75, 3.05) is 20.2 Å². The molecule has 110 valence electrons. The lowest BCUT2D eigenvalue weighted by atomic mass is 9.79. The van der Waals surface area contributed by atoms with Crippen molar-refractivity contribution in [3.63, 3.8) is 0 Å². The number of hydrogen-bond donors (Lipinski definition) is 1. The maximum Gasteiger partial charge on any atom is 0.402 e. The van der Waals surface area contributed by atoms with Crippen LogP contribution < -0.4 is 10.1 Å². The second kappa shape index (κ2) is 5.44. The highest BCUT2D eigenvalue weighted by Crippen LogP contribution is 2.44. The number of nitrogens with one attached hydrogen (secondary N) is 1. The summed E-state index contributed by atoms with van der Waals surface area (Å²) in [6.07, 6.45) is -4.95. The molecule has 0 bridgehead atoms. The summed E-state index contributed by atoms with van der Waals surface area (Å²) in [4.78, 5) is 12.2. The first-order chi connectivity index (χ1) is 9.39. The molecule has 1 fully saturated rings. The van der Waals surface area contributed by atoms with Gasteiger partial charge in [0, 0.05) is 13.0 Å².